The van der Waals surface area contributed by atoms with Crippen LogP contribution in [0.5, 0.6) is 0 Å². The molecule has 26 heavy (non-hydrogen) atoms. The molecule has 1 aliphatic rings. The van der Waals surface area contributed by atoms with Crippen LogP contribution in [-0.2, 0) is 6.42 Å². The minimum absolute atomic E-state index is 0.420. The predicted octanol–water partition coefficient (Wildman–Crippen LogP) is 5.87. The second-order valence-corrected chi connectivity index (χ2v) is 7.96. The minimum Gasteiger partial charge on any atom is -0.321 e. The summed E-state index contributed by atoms with van der Waals surface area (Å²) in [6, 6.07) is 3.27. The molecule has 0 bridgehead atoms. The first-order valence-electron chi connectivity index (χ1n) is 8.64. The quantitative estimate of drug-likeness (QED) is 0.552. The molecule has 0 saturated heterocycles. The smallest absolute Gasteiger partial charge is 0.232 e. The van der Waals surface area contributed by atoms with Gasteiger partial charge < -0.3 is 5.32 Å². The Hall–Kier alpha value is -1.56. The van der Waals surface area contributed by atoms with Gasteiger partial charge in [-0.25, -0.2) is 4.98 Å². The van der Waals surface area contributed by atoms with Gasteiger partial charge in [0.25, 0.3) is 0 Å². The first kappa shape index (κ1) is 17.8. The van der Waals surface area contributed by atoms with E-state index in [2.05, 4.69) is 20.4 Å². The lowest BCUT2D eigenvalue weighted by molar-refractivity contribution is 0.667. The van der Waals surface area contributed by atoms with E-state index in [1.807, 2.05) is 13.1 Å². The van der Waals surface area contributed by atoms with E-state index in [0.717, 1.165) is 30.0 Å². The Labute approximate surface area is 166 Å². The predicted molar refractivity (Wildman–Crippen MR) is 106 cm³/mol. The molecular weight excluding hydrogens is 393 g/mol. The normalized spacial score (nSPS) is 14.2. The van der Waals surface area contributed by atoms with Gasteiger partial charge >= 0.3 is 0 Å². The summed E-state index contributed by atoms with van der Waals surface area (Å²) in [4.78, 5) is 9.03. The Morgan fingerprint density at radius 2 is 1.88 bits per heavy atom. The average Bonchev–Trinajstić information content (AvgIpc) is 3.31. The van der Waals surface area contributed by atoms with Crippen molar-refractivity contribution < 1.29 is 0 Å². The molecule has 136 valence electrons. The van der Waals surface area contributed by atoms with Crippen molar-refractivity contribution in [1.29, 1.82) is 0 Å². The molecule has 0 aliphatic heterocycles. The summed E-state index contributed by atoms with van der Waals surface area (Å²) >= 11 is 18.5. The fourth-order valence-corrected chi connectivity index (χ4v) is 3.96. The van der Waals surface area contributed by atoms with Crippen LogP contribution in [0.4, 0.5) is 11.6 Å². The minimum atomic E-state index is 0.420. The third-order valence-electron chi connectivity index (χ3n) is 4.55. The number of benzene rings is 1. The molecule has 4 rings (SSSR count). The highest BCUT2D eigenvalue weighted by molar-refractivity contribution is 6.41. The van der Waals surface area contributed by atoms with Crippen LogP contribution >= 0.6 is 34.8 Å². The number of rotatable bonds is 6. The van der Waals surface area contributed by atoms with Crippen molar-refractivity contribution in [3.05, 3.63) is 44.8 Å². The fourth-order valence-electron chi connectivity index (χ4n) is 3.05. The Morgan fingerprint density at radius 1 is 1.15 bits per heavy atom. The van der Waals surface area contributed by atoms with Gasteiger partial charge in [-0.1, -0.05) is 54.1 Å². The van der Waals surface area contributed by atoms with Gasteiger partial charge in [0.15, 0.2) is 5.65 Å². The zero-order chi connectivity index (χ0) is 18.3. The lowest BCUT2D eigenvalue weighted by Crippen LogP contribution is -2.07. The number of fused-ring (bicyclic) bond motifs is 1. The molecule has 2 aromatic heterocycles. The molecule has 5 nitrogen and oxygen atoms in total. The van der Waals surface area contributed by atoms with Crippen molar-refractivity contribution in [2.24, 2.45) is 5.92 Å². The van der Waals surface area contributed by atoms with Crippen LogP contribution in [0.15, 0.2) is 18.3 Å². The van der Waals surface area contributed by atoms with E-state index in [-0.39, 0.29) is 0 Å². The van der Waals surface area contributed by atoms with Gasteiger partial charge in [-0.3, -0.25) is 0 Å². The van der Waals surface area contributed by atoms with Gasteiger partial charge in [0.1, 0.15) is 5.82 Å². The third kappa shape index (κ3) is 3.75. The highest BCUT2D eigenvalue weighted by Gasteiger charge is 2.21. The number of halogens is 3. The van der Waals surface area contributed by atoms with Gasteiger partial charge in [-0.15, -0.1) is 0 Å². The highest BCUT2D eigenvalue weighted by Crippen LogP contribution is 2.36. The molecule has 3 aromatic rings. The Bertz CT molecular complexity index is 942. The molecule has 1 fully saturated rings. The molecule has 2 heterocycles. The molecule has 1 saturated carbocycles. The summed E-state index contributed by atoms with van der Waals surface area (Å²) in [5.41, 5.74) is 2.49. The number of hydrogen-bond acceptors (Lipinski definition) is 4. The van der Waals surface area contributed by atoms with E-state index >= 15 is 0 Å². The number of nitrogens with one attached hydrogen (secondary N) is 1. The van der Waals surface area contributed by atoms with E-state index < -0.39 is 0 Å². The van der Waals surface area contributed by atoms with Crippen LogP contribution in [0.25, 0.3) is 5.65 Å². The third-order valence-corrected chi connectivity index (χ3v) is 5.37. The van der Waals surface area contributed by atoms with Crippen molar-refractivity contribution in [3.63, 3.8) is 0 Å². The maximum atomic E-state index is 6.28. The highest BCUT2D eigenvalue weighted by atomic mass is 35.5. The Balaban J connectivity index is 1.65. The van der Waals surface area contributed by atoms with E-state index in [4.69, 9.17) is 34.8 Å². The topological polar surface area (TPSA) is 55.1 Å². The van der Waals surface area contributed by atoms with Crippen molar-refractivity contribution in [3.8, 4) is 0 Å². The molecule has 1 aromatic carbocycles. The van der Waals surface area contributed by atoms with Crippen LogP contribution in [0.1, 0.15) is 37.1 Å². The first-order chi connectivity index (χ1) is 12.5. The maximum Gasteiger partial charge on any atom is 0.232 e. The lowest BCUT2D eigenvalue weighted by Gasteiger charge is -2.12. The summed E-state index contributed by atoms with van der Waals surface area (Å²) in [6.45, 7) is 1.86. The second-order valence-electron chi connectivity index (χ2n) is 6.70. The summed E-state index contributed by atoms with van der Waals surface area (Å²) in [5.74, 6) is 2.11. The van der Waals surface area contributed by atoms with Crippen LogP contribution in [-0.4, -0.2) is 19.6 Å². The van der Waals surface area contributed by atoms with E-state index in [1.54, 1.807) is 16.6 Å². The van der Waals surface area contributed by atoms with Crippen LogP contribution in [0.3, 0.4) is 0 Å². The van der Waals surface area contributed by atoms with Gasteiger partial charge in [0.2, 0.25) is 5.95 Å². The van der Waals surface area contributed by atoms with Crippen LogP contribution in [0.2, 0.25) is 15.1 Å². The number of aryl methyl sites for hydroxylation is 2. The molecule has 8 heteroatoms. The van der Waals surface area contributed by atoms with Gasteiger partial charge in [0, 0.05) is 10.6 Å². The van der Waals surface area contributed by atoms with Crippen molar-refractivity contribution in [2.45, 2.75) is 39.0 Å². The summed E-state index contributed by atoms with van der Waals surface area (Å²) < 4.78 is 1.70. The Kier molecular flexibility index (Phi) is 4.95. The maximum absolute atomic E-state index is 6.28. The molecular formula is C18H18Cl3N5. The monoisotopic (exact) mass is 409 g/mol. The van der Waals surface area contributed by atoms with E-state index in [1.165, 1.54) is 19.3 Å². The summed E-state index contributed by atoms with van der Waals surface area (Å²) in [7, 11) is 0. The lowest BCUT2D eigenvalue weighted by atomic mass is 10.1. The van der Waals surface area contributed by atoms with Crippen molar-refractivity contribution in [1.82, 2.24) is 19.6 Å². The molecule has 0 amide bonds. The molecule has 0 radical (unpaired) electrons. The molecule has 1 aliphatic carbocycles. The molecule has 0 atom stereocenters. The average molecular weight is 411 g/mol. The first-order valence-corrected chi connectivity index (χ1v) is 9.77. The SMILES string of the molecule is Cc1nc(Nc2c(Cl)cc(Cl)cc2Cl)n2ncc(CCCC3CC3)c2n1. The largest absolute Gasteiger partial charge is 0.321 e. The van der Waals surface area contributed by atoms with E-state index in [9.17, 15) is 0 Å². The zero-order valence-electron chi connectivity index (χ0n) is 14.3. The van der Waals surface area contributed by atoms with Crippen molar-refractivity contribution >= 4 is 52.1 Å². The zero-order valence-corrected chi connectivity index (χ0v) is 16.5. The number of aromatic nitrogens is 4. The van der Waals surface area contributed by atoms with Crippen LogP contribution < -0.4 is 5.32 Å². The van der Waals surface area contributed by atoms with Crippen molar-refractivity contribution in [2.75, 3.05) is 5.32 Å². The van der Waals surface area contributed by atoms with Gasteiger partial charge in [0.05, 0.1) is 21.9 Å². The number of nitrogens with zero attached hydrogens (tertiary/aromatic N) is 4. The summed E-state index contributed by atoms with van der Waals surface area (Å²) in [5, 5.41) is 8.96. The molecule has 1 N–H and O–H groups in total. The van der Waals surface area contributed by atoms with Crippen LogP contribution in [0, 0.1) is 12.8 Å². The van der Waals surface area contributed by atoms with E-state index in [0.29, 0.717) is 32.5 Å². The standard InChI is InChI=1S/C18H18Cl3N5/c1-10-23-17-12(4-2-3-11-5-6-11)9-22-26(17)18(24-10)25-16-14(20)7-13(19)8-15(16)21/h7-9,11H,2-6H2,1H3,(H,23,24,25). The molecule has 0 spiro atoms. The second kappa shape index (κ2) is 7.22. The number of anilines is 2. The fraction of sp³-hybridized carbons (Fsp3) is 0.389. The van der Waals surface area contributed by atoms with Gasteiger partial charge in [-0.2, -0.15) is 14.6 Å². The van der Waals surface area contributed by atoms with Gasteiger partial charge in [-0.05, 0) is 37.8 Å². The Morgan fingerprint density at radius 3 is 2.58 bits per heavy atom. The number of hydrogen-bond donors (Lipinski definition) is 1. The molecule has 0 unspecified atom stereocenters. The summed E-state index contributed by atoms with van der Waals surface area (Å²) in [6.07, 6.45) is 8.04.